The fourth-order valence-electron chi connectivity index (χ4n) is 0. The molecule has 0 unspecified atom stereocenters. The van der Waals surface area contributed by atoms with Gasteiger partial charge in [0.1, 0.15) is 0 Å². The number of hydrogen-bond acceptors (Lipinski definition) is 2. The summed E-state index contributed by atoms with van der Waals surface area (Å²) >= 11 is 2.65. The molecule has 0 amide bonds. The van der Waals surface area contributed by atoms with Crippen LogP contribution < -0.4 is 0 Å². The van der Waals surface area contributed by atoms with Crippen LogP contribution in [0.15, 0.2) is 0 Å². The van der Waals surface area contributed by atoms with E-state index in [0.29, 0.717) is 19.8 Å². The van der Waals surface area contributed by atoms with Crippen LogP contribution in [-0.4, -0.2) is 0 Å². The Hall–Kier alpha value is 0.795. The van der Waals surface area contributed by atoms with E-state index in [1.807, 2.05) is 0 Å². The summed E-state index contributed by atoms with van der Waals surface area (Å²) < 4.78 is 16.3. The molecule has 0 heterocycles. The first kappa shape index (κ1) is 8.84. The molecule has 4 heavy (non-hydrogen) atoms. The molecule has 0 aliphatic carbocycles. The zero-order chi connectivity index (χ0) is 4.00. The van der Waals surface area contributed by atoms with Crippen molar-refractivity contribution < 1.29 is 42.7 Å². The summed E-state index contributed by atoms with van der Waals surface area (Å²) in [5, 5.41) is 0. The predicted octanol–water partition coefficient (Wildman–Crippen LogP) is -0.243. The molecule has 0 spiro atoms. The topological polar surface area (TPSA) is 34.1 Å². The van der Waals surface area contributed by atoms with Crippen molar-refractivity contribution in [2.75, 3.05) is 0 Å². The molecule has 0 aliphatic rings. The van der Waals surface area contributed by atoms with Crippen molar-refractivity contribution in [1.82, 2.24) is 0 Å². The number of hydrogen-bond donors (Lipinski definition) is 0. The minimum atomic E-state index is 0.333. The molecule has 0 bridgehead atoms. The van der Waals surface area contributed by atoms with Crippen LogP contribution in [0.5, 0.6) is 0 Å². The first-order chi connectivity index (χ1) is 2.00. The van der Waals surface area contributed by atoms with Gasteiger partial charge in [0.15, 0.2) is 0 Å². The quantitative estimate of drug-likeness (QED) is 0.611. The second-order valence-corrected chi connectivity index (χ2v) is 0. The Morgan fingerprint density at radius 1 is 1.25 bits per heavy atom. The Kier molecular flexibility index (Phi) is 104. The zero-order valence-corrected chi connectivity index (χ0v) is 5.53. The van der Waals surface area contributed by atoms with Gasteiger partial charge < -0.3 is 0 Å². The Bertz CT molecular complexity index is 8.00. The maximum absolute atomic E-state index is 8.33. The third-order valence-electron chi connectivity index (χ3n) is 0. The fraction of sp³-hybridized carbons (Fsp3) is 0. The van der Waals surface area contributed by atoms with E-state index < -0.39 is 0 Å². The van der Waals surface area contributed by atoms with Crippen molar-refractivity contribution in [3.8, 4) is 0 Å². The Morgan fingerprint density at radius 2 is 1.25 bits per heavy atom. The Morgan fingerprint density at radius 3 is 1.25 bits per heavy atom. The van der Waals surface area contributed by atoms with E-state index in [1.165, 1.54) is 0 Å². The van der Waals surface area contributed by atoms with Crippen molar-refractivity contribution >= 4 is 0 Å². The van der Waals surface area contributed by atoms with Crippen LogP contribution in [0.4, 0.5) is 0 Å². The Labute approximate surface area is 42.9 Å². The number of rotatable bonds is 0. The molecule has 0 N–H and O–H groups in total. The molecular weight excluding hydrogens is 275 g/mol. The van der Waals surface area contributed by atoms with Crippen LogP contribution in [0.2, 0.25) is 0 Å². The summed E-state index contributed by atoms with van der Waals surface area (Å²) in [6, 6.07) is 0. The average Bonchev–Trinajstić information content (AvgIpc) is 1.50. The molecule has 0 aromatic heterocycles. The summed E-state index contributed by atoms with van der Waals surface area (Å²) in [7, 11) is 0. The molecule has 0 fully saturated rings. The average molecular weight is 275 g/mol. The third-order valence-corrected chi connectivity index (χ3v) is 0. The van der Waals surface area contributed by atoms with Gasteiger partial charge in [-0.1, -0.05) is 0 Å². The second-order valence-electron chi connectivity index (χ2n) is 0. The van der Waals surface area contributed by atoms with Gasteiger partial charge in [-0.15, -0.1) is 0 Å². The van der Waals surface area contributed by atoms with E-state index in [1.54, 1.807) is 0 Å². The minimum absolute atomic E-state index is 0.333. The summed E-state index contributed by atoms with van der Waals surface area (Å²) in [5.74, 6) is 0. The first-order valence-electron chi connectivity index (χ1n) is 0.303. The zero-order valence-electron chi connectivity index (χ0n) is 1.56. The van der Waals surface area contributed by atoms with Crippen LogP contribution in [0, 0.1) is 0 Å². The Balaban J connectivity index is 0. The van der Waals surface area contributed by atoms with Crippen molar-refractivity contribution in [3.05, 3.63) is 0 Å². The molecule has 0 rings (SSSR count). The standard InChI is InChI=1S/Co.2O.W. The van der Waals surface area contributed by atoms with Gasteiger partial charge in [-0.3, -0.25) is 0 Å². The van der Waals surface area contributed by atoms with Crippen LogP contribution in [-0.2, 0) is 42.7 Å². The fourth-order valence-corrected chi connectivity index (χ4v) is 0. The molecule has 0 aromatic carbocycles. The SMILES string of the molecule is [O]=[Co].[O]=[W]. The van der Waals surface area contributed by atoms with Crippen molar-refractivity contribution in [2.24, 2.45) is 0 Å². The van der Waals surface area contributed by atoms with Gasteiger partial charge in [-0.05, 0) is 0 Å². The van der Waals surface area contributed by atoms with E-state index in [-0.39, 0.29) is 0 Å². The molecule has 0 radical (unpaired) electrons. The molecule has 0 aromatic rings. The normalized spacial score (nSPS) is 2.25. The summed E-state index contributed by atoms with van der Waals surface area (Å²) in [6.07, 6.45) is 0. The van der Waals surface area contributed by atoms with E-state index >= 15 is 0 Å². The molecule has 4 heteroatoms. The van der Waals surface area contributed by atoms with Gasteiger partial charge in [-0.2, -0.15) is 0 Å². The van der Waals surface area contributed by atoms with Gasteiger partial charge >= 0.3 is 42.7 Å². The van der Waals surface area contributed by atoms with Crippen molar-refractivity contribution in [1.29, 1.82) is 0 Å². The van der Waals surface area contributed by atoms with Crippen LogP contribution >= 0.6 is 0 Å². The van der Waals surface area contributed by atoms with Crippen LogP contribution in [0.25, 0.3) is 0 Å². The predicted molar refractivity (Wildman–Crippen MR) is 1.37 cm³/mol. The van der Waals surface area contributed by atoms with Gasteiger partial charge in [0.05, 0.1) is 0 Å². The van der Waals surface area contributed by atoms with Crippen LogP contribution in [0.3, 0.4) is 0 Å². The molecule has 2 nitrogen and oxygen atoms in total. The second kappa shape index (κ2) is 46.9. The molecular formula is CoO2W. The van der Waals surface area contributed by atoms with Gasteiger partial charge in [0, 0.05) is 0 Å². The van der Waals surface area contributed by atoms with Gasteiger partial charge in [-0.25, -0.2) is 0 Å². The molecule has 27 valence electrons. The monoisotopic (exact) mass is 275 g/mol. The van der Waals surface area contributed by atoms with Crippen molar-refractivity contribution in [2.45, 2.75) is 0 Å². The summed E-state index contributed by atoms with van der Waals surface area (Å²) in [4.78, 5) is 0. The van der Waals surface area contributed by atoms with Gasteiger partial charge in [0.25, 0.3) is 0 Å². The van der Waals surface area contributed by atoms with E-state index in [2.05, 4.69) is 15.7 Å². The molecule has 0 saturated carbocycles. The molecule has 0 saturated heterocycles. The van der Waals surface area contributed by atoms with E-state index in [0.717, 1.165) is 0 Å². The molecule has 0 atom stereocenters. The van der Waals surface area contributed by atoms with Gasteiger partial charge in [0.2, 0.25) is 0 Å². The van der Waals surface area contributed by atoms with E-state index in [4.69, 9.17) is 7.26 Å². The molecule has 0 aliphatic heterocycles. The van der Waals surface area contributed by atoms with E-state index in [9.17, 15) is 0 Å². The first-order valence-corrected chi connectivity index (χ1v) is 1.93. The van der Waals surface area contributed by atoms with Crippen LogP contribution in [0.1, 0.15) is 0 Å². The van der Waals surface area contributed by atoms with Crippen molar-refractivity contribution in [3.63, 3.8) is 0 Å². The third kappa shape index (κ3) is 14.3. The maximum atomic E-state index is 8.33. The summed E-state index contributed by atoms with van der Waals surface area (Å²) in [5.41, 5.74) is 0. The summed E-state index contributed by atoms with van der Waals surface area (Å²) in [6.45, 7) is 0.